The largest absolute Gasteiger partial charge is 0.464 e. The maximum absolute atomic E-state index is 5.65. The molecule has 5 nitrogen and oxygen atoms in total. The average Bonchev–Trinajstić information content (AvgIpc) is 3.17. The number of anilines is 1. The van der Waals surface area contributed by atoms with Crippen molar-refractivity contribution in [1.29, 1.82) is 0 Å². The van der Waals surface area contributed by atoms with Crippen LogP contribution in [0.2, 0.25) is 0 Å². The highest BCUT2D eigenvalue weighted by Gasteiger charge is 2.05. The number of hydrogen-bond acceptors (Lipinski definition) is 5. The number of aromatic nitrogens is 2. The fourth-order valence-electron chi connectivity index (χ4n) is 1.96. The van der Waals surface area contributed by atoms with Gasteiger partial charge in [0.2, 0.25) is 12.3 Å². The van der Waals surface area contributed by atoms with Gasteiger partial charge in [-0.2, -0.15) is 0 Å². The number of furan rings is 1. The van der Waals surface area contributed by atoms with Crippen LogP contribution in [0, 0.1) is 0 Å². The van der Waals surface area contributed by atoms with Gasteiger partial charge in [0, 0.05) is 17.7 Å². The van der Waals surface area contributed by atoms with Crippen molar-refractivity contribution < 1.29 is 8.83 Å². The number of nitrogens with zero attached hydrogens (tertiary/aromatic N) is 2. The number of rotatable bonds is 5. The molecule has 0 atom stereocenters. The first-order valence-electron chi connectivity index (χ1n) is 6.53. The number of hydrogen-bond donors (Lipinski definition) is 1. The molecular formula is C15H15N3O2. The molecule has 1 N–H and O–H groups in total. The summed E-state index contributed by atoms with van der Waals surface area (Å²) < 4.78 is 10.8. The Bertz CT molecular complexity index is 674. The SMILES string of the molecule is CCc1ccc(CNc2cccc(-c3nnco3)c2)o1. The van der Waals surface area contributed by atoms with E-state index in [0.717, 1.165) is 29.2 Å². The topological polar surface area (TPSA) is 64.1 Å². The highest BCUT2D eigenvalue weighted by molar-refractivity contribution is 5.60. The van der Waals surface area contributed by atoms with Crippen molar-refractivity contribution in [1.82, 2.24) is 10.2 Å². The standard InChI is InChI=1S/C15H15N3O2/c1-2-13-6-7-14(20-13)9-16-12-5-3-4-11(8-12)15-18-17-10-19-15/h3-8,10,16H,2,9H2,1H3. The molecule has 0 saturated carbocycles. The zero-order chi connectivity index (χ0) is 13.8. The Labute approximate surface area is 116 Å². The Morgan fingerprint density at radius 1 is 1.15 bits per heavy atom. The molecule has 0 aliphatic carbocycles. The van der Waals surface area contributed by atoms with Crippen molar-refractivity contribution in [3.8, 4) is 11.5 Å². The first-order chi connectivity index (χ1) is 9.85. The maximum Gasteiger partial charge on any atom is 0.247 e. The van der Waals surface area contributed by atoms with Crippen LogP contribution in [0.5, 0.6) is 0 Å². The van der Waals surface area contributed by atoms with Crippen LogP contribution in [0.25, 0.3) is 11.5 Å². The van der Waals surface area contributed by atoms with E-state index in [1.165, 1.54) is 6.39 Å². The minimum Gasteiger partial charge on any atom is -0.464 e. The molecule has 0 saturated heterocycles. The number of benzene rings is 1. The average molecular weight is 269 g/mol. The lowest BCUT2D eigenvalue weighted by Crippen LogP contribution is -1.98. The van der Waals surface area contributed by atoms with Gasteiger partial charge in [-0.25, -0.2) is 0 Å². The van der Waals surface area contributed by atoms with Gasteiger partial charge in [0.25, 0.3) is 0 Å². The van der Waals surface area contributed by atoms with Gasteiger partial charge in [0.1, 0.15) is 11.5 Å². The van der Waals surface area contributed by atoms with Crippen molar-refractivity contribution in [3.63, 3.8) is 0 Å². The summed E-state index contributed by atoms with van der Waals surface area (Å²) in [6.07, 6.45) is 2.23. The smallest absolute Gasteiger partial charge is 0.247 e. The molecule has 2 aromatic heterocycles. The molecule has 0 unspecified atom stereocenters. The Hall–Kier alpha value is -2.56. The first kappa shape index (κ1) is 12.5. The van der Waals surface area contributed by atoms with Crippen molar-refractivity contribution in [2.24, 2.45) is 0 Å². The Balaban J connectivity index is 1.70. The molecular weight excluding hydrogens is 254 g/mol. The van der Waals surface area contributed by atoms with Gasteiger partial charge in [-0.1, -0.05) is 13.0 Å². The Kier molecular flexibility index (Phi) is 3.50. The second kappa shape index (κ2) is 5.61. The van der Waals surface area contributed by atoms with Crippen LogP contribution in [-0.2, 0) is 13.0 Å². The molecule has 1 aromatic carbocycles. The maximum atomic E-state index is 5.65. The first-order valence-corrected chi connectivity index (χ1v) is 6.53. The molecule has 5 heteroatoms. The second-order valence-corrected chi connectivity index (χ2v) is 4.40. The molecule has 0 radical (unpaired) electrons. The molecule has 2 heterocycles. The fraction of sp³-hybridized carbons (Fsp3) is 0.200. The minimum atomic E-state index is 0.514. The van der Waals surface area contributed by atoms with E-state index in [1.54, 1.807) is 0 Å². The second-order valence-electron chi connectivity index (χ2n) is 4.40. The molecule has 0 aliphatic rings. The summed E-state index contributed by atoms with van der Waals surface area (Å²) in [4.78, 5) is 0. The van der Waals surface area contributed by atoms with Crippen LogP contribution in [0.4, 0.5) is 5.69 Å². The van der Waals surface area contributed by atoms with E-state index in [-0.39, 0.29) is 0 Å². The lowest BCUT2D eigenvalue weighted by atomic mass is 10.2. The summed E-state index contributed by atoms with van der Waals surface area (Å²) in [6, 6.07) is 11.8. The van der Waals surface area contributed by atoms with Crippen LogP contribution in [0.3, 0.4) is 0 Å². The third-order valence-corrected chi connectivity index (χ3v) is 3.00. The summed E-state index contributed by atoms with van der Waals surface area (Å²) in [6.45, 7) is 2.72. The lowest BCUT2D eigenvalue weighted by molar-refractivity contribution is 0.476. The summed E-state index contributed by atoms with van der Waals surface area (Å²) >= 11 is 0. The van der Waals surface area contributed by atoms with Gasteiger partial charge >= 0.3 is 0 Å². The monoisotopic (exact) mass is 269 g/mol. The van der Waals surface area contributed by atoms with Gasteiger partial charge in [-0.05, 0) is 30.3 Å². The van der Waals surface area contributed by atoms with Crippen molar-refractivity contribution >= 4 is 5.69 Å². The van der Waals surface area contributed by atoms with E-state index >= 15 is 0 Å². The van der Waals surface area contributed by atoms with E-state index in [2.05, 4.69) is 22.4 Å². The predicted octanol–water partition coefficient (Wildman–Crippen LogP) is 3.50. The molecule has 20 heavy (non-hydrogen) atoms. The zero-order valence-electron chi connectivity index (χ0n) is 11.2. The van der Waals surface area contributed by atoms with E-state index in [4.69, 9.17) is 8.83 Å². The third-order valence-electron chi connectivity index (χ3n) is 3.00. The number of nitrogens with one attached hydrogen (secondary N) is 1. The Morgan fingerprint density at radius 2 is 2.05 bits per heavy atom. The Morgan fingerprint density at radius 3 is 2.80 bits per heavy atom. The normalized spacial score (nSPS) is 10.7. The summed E-state index contributed by atoms with van der Waals surface area (Å²) in [5.41, 5.74) is 1.87. The highest BCUT2D eigenvalue weighted by Crippen LogP contribution is 2.21. The molecule has 3 aromatic rings. The van der Waals surface area contributed by atoms with Crippen LogP contribution in [0.1, 0.15) is 18.4 Å². The van der Waals surface area contributed by atoms with E-state index in [9.17, 15) is 0 Å². The van der Waals surface area contributed by atoms with Crippen LogP contribution in [-0.4, -0.2) is 10.2 Å². The summed E-state index contributed by atoms with van der Waals surface area (Å²) in [5, 5.41) is 10.9. The van der Waals surface area contributed by atoms with Crippen LogP contribution < -0.4 is 5.32 Å². The van der Waals surface area contributed by atoms with Gasteiger partial charge in [0.15, 0.2) is 0 Å². The highest BCUT2D eigenvalue weighted by atomic mass is 16.4. The lowest BCUT2D eigenvalue weighted by Gasteiger charge is -2.05. The van der Waals surface area contributed by atoms with E-state index in [0.29, 0.717) is 12.4 Å². The van der Waals surface area contributed by atoms with Crippen LogP contribution in [0.15, 0.2) is 51.6 Å². The van der Waals surface area contributed by atoms with Gasteiger partial charge in [-0.3, -0.25) is 0 Å². The molecule has 3 rings (SSSR count). The van der Waals surface area contributed by atoms with Crippen molar-refractivity contribution in [2.45, 2.75) is 19.9 Å². The van der Waals surface area contributed by atoms with E-state index in [1.807, 2.05) is 36.4 Å². The molecule has 0 aliphatic heterocycles. The molecule has 0 amide bonds. The molecule has 0 bridgehead atoms. The molecule has 0 spiro atoms. The number of aryl methyl sites for hydroxylation is 1. The molecule has 0 fully saturated rings. The van der Waals surface area contributed by atoms with Gasteiger partial charge in [-0.15, -0.1) is 10.2 Å². The van der Waals surface area contributed by atoms with Gasteiger partial charge < -0.3 is 14.2 Å². The summed E-state index contributed by atoms with van der Waals surface area (Å²) in [5.74, 6) is 2.44. The fourth-order valence-corrected chi connectivity index (χ4v) is 1.96. The van der Waals surface area contributed by atoms with Crippen molar-refractivity contribution in [2.75, 3.05) is 5.32 Å². The zero-order valence-corrected chi connectivity index (χ0v) is 11.2. The predicted molar refractivity (Wildman–Crippen MR) is 75.1 cm³/mol. The van der Waals surface area contributed by atoms with Gasteiger partial charge in [0.05, 0.1) is 6.54 Å². The van der Waals surface area contributed by atoms with E-state index < -0.39 is 0 Å². The summed E-state index contributed by atoms with van der Waals surface area (Å²) in [7, 11) is 0. The molecule has 102 valence electrons. The van der Waals surface area contributed by atoms with Crippen molar-refractivity contribution in [3.05, 3.63) is 54.3 Å². The minimum absolute atomic E-state index is 0.514. The quantitative estimate of drug-likeness (QED) is 0.768. The van der Waals surface area contributed by atoms with Crippen LogP contribution >= 0.6 is 0 Å². The third kappa shape index (κ3) is 2.71.